The Bertz CT molecular complexity index is 497. The molecule has 18 heavy (non-hydrogen) atoms. The molecule has 0 saturated heterocycles. The van der Waals surface area contributed by atoms with Crippen LogP contribution in [0.2, 0.25) is 0 Å². The summed E-state index contributed by atoms with van der Waals surface area (Å²) in [5, 5.41) is 21.7. The van der Waals surface area contributed by atoms with E-state index in [0.29, 0.717) is 5.69 Å². The fourth-order valence-electron chi connectivity index (χ4n) is 0.945. The predicted molar refractivity (Wildman–Crippen MR) is 69.0 cm³/mol. The minimum atomic E-state index is -2.07. The molecule has 0 N–H and O–H groups in total. The number of benzene rings is 1. The maximum Gasteiger partial charge on any atom is 0.321 e. The van der Waals surface area contributed by atoms with E-state index >= 15 is 0 Å². The van der Waals surface area contributed by atoms with Crippen LogP contribution in [-0.2, 0) is 4.84 Å². The molecule has 0 spiro atoms. The second-order valence-electron chi connectivity index (χ2n) is 2.82. The molecule has 0 saturated carbocycles. The third kappa shape index (κ3) is 4.79. The van der Waals surface area contributed by atoms with Crippen LogP contribution in [0.4, 0.5) is 5.69 Å². The zero-order valence-corrected chi connectivity index (χ0v) is 11.0. The van der Waals surface area contributed by atoms with E-state index in [1.165, 1.54) is 0 Å². The quantitative estimate of drug-likeness (QED) is 0.488. The Morgan fingerprint density at radius 2 is 1.72 bits per heavy atom. The standard InChI is InChI=1S/C10H5Cl3N4O/c11-10(12,13)18-17(16-8(6-14)7-15)9-4-2-1-3-5-9/h1-5H. The molecule has 0 aromatic heterocycles. The van der Waals surface area contributed by atoms with Gasteiger partial charge < -0.3 is 0 Å². The van der Waals surface area contributed by atoms with Crippen molar-refractivity contribution >= 4 is 46.2 Å². The number of alkyl halides is 3. The molecule has 0 bridgehead atoms. The van der Waals surface area contributed by atoms with E-state index in [1.807, 2.05) is 0 Å². The summed E-state index contributed by atoms with van der Waals surface area (Å²) in [6, 6.07) is 11.5. The molecule has 0 fully saturated rings. The van der Waals surface area contributed by atoms with Crippen LogP contribution in [0.15, 0.2) is 35.4 Å². The summed E-state index contributed by atoms with van der Waals surface area (Å²) < 4.78 is -2.07. The van der Waals surface area contributed by atoms with Gasteiger partial charge in [0.2, 0.25) is 5.71 Å². The third-order valence-electron chi connectivity index (χ3n) is 1.57. The lowest BCUT2D eigenvalue weighted by atomic mass is 10.3. The van der Waals surface area contributed by atoms with E-state index in [4.69, 9.17) is 50.2 Å². The van der Waals surface area contributed by atoms with Gasteiger partial charge in [0.15, 0.2) is 0 Å². The lowest BCUT2D eigenvalue weighted by Gasteiger charge is -2.21. The smallest absolute Gasteiger partial charge is 0.195 e. The van der Waals surface area contributed by atoms with Crippen LogP contribution >= 0.6 is 34.8 Å². The van der Waals surface area contributed by atoms with Gasteiger partial charge >= 0.3 is 3.98 Å². The summed E-state index contributed by atoms with van der Waals surface area (Å²) in [6.07, 6.45) is 0. The van der Waals surface area contributed by atoms with E-state index in [2.05, 4.69) is 5.10 Å². The number of halogens is 3. The van der Waals surface area contributed by atoms with Crippen molar-refractivity contribution in [3.05, 3.63) is 30.3 Å². The largest absolute Gasteiger partial charge is 0.321 e. The fraction of sp³-hybridized carbons (Fsp3) is 0.100. The molecule has 0 heterocycles. The number of anilines is 1. The lowest BCUT2D eigenvalue weighted by Crippen LogP contribution is -2.26. The highest BCUT2D eigenvalue weighted by molar-refractivity contribution is 6.66. The maximum atomic E-state index is 8.64. The fourth-order valence-corrected chi connectivity index (χ4v) is 1.14. The minimum Gasteiger partial charge on any atom is -0.195 e. The van der Waals surface area contributed by atoms with E-state index in [0.717, 1.165) is 5.17 Å². The maximum absolute atomic E-state index is 8.64. The first-order valence-corrected chi connectivity index (χ1v) is 5.59. The van der Waals surface area contributed by atoms with Gasteiger partial charge in [-0.25, -0.2) is 0 Å². The van der Waals surface area contributed by atoms with Gasteiger partial charge in [0.05, 0.1) is 5.69 Å². The van der Waals surface area contributed by atoms with Crippen molar-refractivity contribution in [2.45, 2.75) is 3.98 Å². The first kappa shape index (κ1) is 14.6. The van der Waals surface area contributed by atoms with Crippen molar-refractivity contribution in [2.75, 3.05) is 5.17 Å². The number of hydrogen-bond acceptors (Lipinski definition) is 5. The highest BCUT2D eigenvalue weighted by atomic mass is 35.6. The van der Waals surface area contributed by atoms with E-state index in [1.54, 1.807) is 42.5 Å². The minimum absolute atomic E-state index is 0.395. The second-order valence-corrected chi connectivity index (χ2v) is 4.99. The molecule has 0 aliphatic carbocycles. The zero-order valence-electron chi connectivity index (χ0n) is 8.72. The molecular weight excluding hydrogens is 298 g/mol. The number of para-hydroxylation sites is 1. The molecule has 5 nitrogen and oxygen atoms in total. The third-order valence-corrected chi connectivity index (χ3v) is 1.78. The topological polar surface area (TPSA) is 72.4 Å². The molecule has 1 rings (SSSR count). The zero-order chi connectivity index (χ0) is 13.6. The molecule has 0 atom stereocenters. The molecule has 1 aromatic carbocycles. The molecule has 0 unspecified atom stereocenters. The Morgan fingerprint density at radius 1 is 1.17 bits per heavy atom. The summed E-state index contributed by atoms with van der Waals surface area (Å²) in [7, 11) is 0. The molecule has 0 aliphatic rings. The van der Waals surface area contributed by atoms with Crippen LogP contribution in [-0.4, -0.2) is 9.69 Å². The van der Waals surface area contributed by atoms with Gasteiger partial charge in [-0.1, -0.05) is 53.0 Å². The van der Waals surface area contributed by atoms with Crippen molar-refractivity contribution < 1.29 is 4.84 Å². The van der Waals surface area contributed by atoms with Gasteiger partial charge in [0.25, 0.3) is 0 Å². The average molecular weight is 304 g/mol. The van der Waals surface area contributed by atoms with E-state index in [-0.39, 0.29) is 0 Å². The molecule has 8 heteroatoms. The molecule has 0 aliphatic heterocycles. The Labute approximate surface area is 118 Å². The van der Waals surface area contributed by atoms with Gasteiger partial charge in [-0.3, -0.25) is 0 Å². The van der Waals surface area contributed by atoms with Gasteiger partial charge in [-0.2, -0.15) is 15.4 Å². The van der Waals surface area contributed by atoms with Gasteiger partial charge in [-0.15, -0.1) is 10.3 Å². The van der Waals surface area contributed by atoms with Crippen LogP contribution in [0.25, 0.3) is 0 Å². The Balaban J connectivity index is 3.09. The molecule has 1 aromatic rings. The Kier molecular flexibility index (Phi) is 5.21. The summed E-state index contributed by atoms with van der Waals surface area (Å²) in [4.78, 5) is 4.90. The number of hydrogen-bond donors (Lipinski definition) is 0. The van der Waals surface area contributed by atoms with Crippen molar-refractivity contribution in [3.63, 3.8) is 0 Å². The van der Waals surface area contributed by atoms with Gasteiger partial charge in [-0.05, 0) is 12.1 Å². The van der Waals surface area contributed by atoms with Crippen molar-refractivity contribution in [3.8, 4) is 12.1 Å². The first-order chi connectivity index (χ1) is 8.46. The van der Waals surface area contributed by atoms with Crippen molar-refractivity contribution in [1.82, 2.24) is 0 Å². The number of hydrazone groups is 1. The highest BCUT2D eigenvalue weighted by Gasteiger charge is 2.26. The number of rotatable bonds is 3. The van der Waals surface area contributed by atoms with Crippen LogP contribution in [0.5, 0.6) is 0 Å². The summed E-state index contributed by atoms with van der Waals surface area (Å²) >= 11 is 16.4. The number of nitriles is 2. The SMILES string of the molecule is N#CC(C#N)=NN(OC(Cl)(Cl)Cl)c1ccccc1. The van der Waals surface area contributed by atoms with E-state index in [9.17, 15) is 0 Å². The second kappa shape index (κ2) is 6.44. The van der Waals surface area contributed by atoms with Crippen molar-refractivity contribution in [2.24, 2.45) is 5.10 Å². The molecular formula is C10H5Cl3N4O. The van der Waals surface area contributed by atoms with Crippen molar-refractivity contribution in [1.29, 1.82) is 10.5 Å². The van der Waals surface area contributed by atoms with Gasteiger partial charge in [0, 0.05) is 0 Å². The van der Waals surface area contributed by atoms with E-state index < -0.39 is 9.69 Å². The normalized spacial score (nSPS) is 10.1. The summed E-state index contributed by atoms with van der Waals surface area (Å²) in [6.45, 7) is 0. The monoisotopic (exact) mass is 302 g/mol. The highest BCUT2D eigenvalue weighted by Crippen LogP contribution is 2.31. The summed E-state index contributed by atoms with van der Waals surface area (Å²) in [5.41, 5.74) is -0.0417. The van der Waals surface area contributed by atoms with Crippen LogP contribution < -0.4 is 5.17 Å². The molecule has 92 valence electrons. The number of nitrogens with zero attached hydrogens (tertiary/aromatic N) is 4. The van der Waals surface area contributed by atoms with Crippen LogP contribution in [0.1, 0.15) is 0 Å². The van der Waals surface area contributed by atoms with Gasteiger partial charge in [0.1, 0.15) is 12.1 Å². The Morgan fingerprint density at radius 3 is 2.17 bits per heavy atom. The molecule has 0 amide bonds. The molecule has 0 radical (unpaired) electrons. The lowest BCUT2D eigenvalue weighted by molar-refractivity contribution is 0.105. The van der Waals surface area contributed by atoms with Crippen LogP contribution in [0, 0.1) is 22.7 Å². The van der Waals surface area contributed by atoms with Crippen LogP contribution in [0.3, 0.4) is 0 Å². The first-order valence-electron chi connectivity index (χ1n) is 4.46. The average Bonchev–Trinajstić information content (AvgIpc) is 2.34. The Hall–Kier alpha value is -1.50. The summed E-state index contributed by atoms with van der Waals surface area (Å²) in [5.74, 6) is 0. The predicted octanol–water partition coefficient (Wildman–Crippen LogP) is 3.16.